The van der Waals surface area contributed by atoms with Crippen molar-refractivity contribution < 1.29 is 0 Å². The Balaban J connectivity index is 2.08. The first-order valence-corrected chi connectivity index (χ1v) is 9.65. The van der Waals surface area contributed by atoms with Gasteiger partial charge in [0.2, 0.25) is 0 Å². The molecule has 1 heterocycles. The van der Waals surface area contributed by atoms with Crippen LogP contribution in [0.1, 0.15) is 12.5 Å². The summed E-state index contributed by atoms with van der Waals surface area (Å²) in [5, 5.41) is 0. The first kappa shape index (κ1) is 17.1. The Hall–Kier alpha value is -1.26. The van der Waals surface area contributed by atoms with Crippen LogP contribution in [0, 0.1) is 0 Å². The largest absolute Gasteiger partial charge is 0.374 e. The first-order valence-electron chi connectivity index (χ1n) is 7.61. The Morgan fingerprint density at radius 3 is 2.82 bits per heavy atom. The minimum atomic E-state index is 0.993. The van der Waals surface area contributed by atoms with E-state index < -0.39 is 0 Å². The van der Waals surface area contributed by atoms with Gasteiger partial charge in [0.15, 0.2) is 0 Å². The fourth-order valence-corrected chi connectivity index (χ4v) is 2.96. The van der Waals surface area contributed by atoms with Gasteiger partial charge in [0, 0.05) is 38.1 Å². The second-order valence-corrected chi connectivity index (χ2v) is 6.70. The third-order valence-corrected chi connectivity index (χ3v) is 4.68. The van der Waals surface area contributed by atoms with Gasteiger partial charge in [-0.3, -0.25) is 0 Å². The van der Waals surface area contributed by atoms with Gasteiger partial charge in [-0.15, -0.1) is 11.7 Å². The maximum Gasteiger partial charge on any atom is 0.0437 e. The van der Waals surface area contributed by atoms with Crippen LogP contribution in [0.5, 0.6) is 0 Å². The predicted molar refractivity (Wildman–Crippen MR) is 105 cm³/mol. The Bertz CT molecular complexity index is 564. The maximum absolute atomic E-state index is 4.22. The summed E-state index contributed by atoms with van der Waals surface area (Å²) >= 11 is 4.22. The van der Waals surface area contributed by atoms with Crippen LogP contribution in [-0.2, 0) is 0 Å². The summed E-state index contributed by atoms with van der Waals surface area (Å²) in [4.78, 5) is 4.57. The van der Waals surface area contributed by atoms with Gasteiger partial charge in [-0.05, 0) is 36.4 Å². The number of likely N-dealkylation sites (N-methyl/N-ethyl adjacent to an activating group) is 1. The van der Waals surface area contributed by atoms with Crippen LogP contribution in [0.4, 0.5) is 5.69 Å². The number of para-hydroxylation sites is 1. The molecule has 0 N–H and O–H groups in total. The molecular formula is C18H24N2S2. The molecule has 1 aliphatic heterocycles. The molecule has 0 radical (unpaired) electrons. The third kappa shape index (κ3) is 4.89. The Morgan fingerprint density at radius 2 is 2.14 bits per heavy atom. The van der Waals surface area contributed by atoms with E-state index in [1.165, 1.54) is 16.8 Å². The summed E-state index contributed by atoms with van der Waals surface area (Å²) < 4.78 is 0. The van der Waals surface area contributed by atoms with E-state index in [0.29, 0.717) is 0 Å². The van der Waals surface area contributed by atoms with Crippen molar-refractivity contribution in [1.29, 1.82) is 0 Å². The Morgan fingerprint density at radius 1 is 1.32 bits per heavy atom. The molecule has 0 aliphatic carbocycles. The smallest absolute Gasteiger partial charge is 0.0437 e. The van der Waals surface area contributed by atoms with Gasteiger partial charge < -0.3 is 9.80 Å². The average Bonchev–Trinajstić information content (AvgIpc) is 2.58. The number of allylic oxidation sites excluding steroid dienone is 3. The lowest BCUT2D eigenvalue weighted by Crippen LogP contribution is -2.20. The number of thiol groups is 1. The molecule has 0 fully saturated rings. The van der Waals surface area contributed by atoms with Crippen molar-refractivity contribution in [3.05, 3.63) is 59.8 Å². The standard InChI is InChI=1S/C18H24N2S2/c1-3-20-12-10-16(11-13-20)8-9-17-6-4-5-7-18(17)19(2)14-15-22-21/h4-12,21H,3,13-15H2,1-2H3/b9-8+. The van der Waals surface area contributed by atoms with Gasteiger partial charge in [0.1, 0.15) is 0 Å². The van der Waals surface area contributed by atoms with Crippen molar-refractivity contribution >= 4 is 34.2 Å². The maximum atomic E-state index is 4.22. The molecule has 4 heteroatoms. The molecule has 0 saturated heterocycles. The molecule has 22 heavy (non-hydrogen) atoms. The molecule has 0 bridgehead atoms. The van der Waals surface area contributed by atoms with Gasteiger partial charge in [-0.2, -0.15) is 0 Å². The highest BCUT2D eigenvalue weighted by atomic mass is 33.1. The van der Waals surface area contributed by atoms with Crippen LogP contribution < -0.4 is 4.90 Å². The number of benzene rings is 1. The fourth-order valence-electron chi connectivity index (χ4n) is 2.36. The zero-order chi connectivity index (χ0) is 15.8. The molecule has 0 aromatic heterocycles. The van der Waals surface area contributed by atoms with E-state index in [-0.39, 0.29) is 0 Å². The van der Waals surface area contributed by atoms with E-state index in [4.69, 9.17) is 0 Å². The highest BCUT2D eigenvalue weighted by molar-refractivity contribution is 8.68. The van der Waals surface area contributed by atoms with Gasteiger partial charge >= 0.3 is 0 Å². The minimum absolute atomic E-state index is 0.993. The van der Waals surface area contributed by atoms with E-state index in [0.717, 1.165) is 25.4 Å². The molecule has 1 aromatic rings. The number of rotatable bonds is 7. The van der Waals surface area contributed by atoms with Crippen LogP contribution in [0.3, 0.4) is 0 Å². The average molecular weight is 333 g/mol. The number of hydrogen-bond acceptors (Lipinski definition) is 4. The summed E-state index contributed by atoms with van der Waals surface area (Å²) in [6, 6.07) is 8.53. The number of anilines is 1. The zero-order valence-electron chi connectivity index (χ0n) is 13.3. The van der Waals surface area contributed by atoms with E-state index in [9.17, 15) is 0 Å². The summed E-state index contributed by atoms with van der Waals surface area (Å²) in [7, 11) is 3.72. The lowest BCUT2D eigenvalue weighted by molar-refractivity contribution is 0.434. The van der Waals surface area contributed by atoms with Gasteiger partial charge in [-0.25, -0.2) is 0 Å². The Labute approximate surface area is 143 Å². The van der Waals surface area contributed by atoms with Crippen LogP contribution >= 0.6 is 22.5 Å². The van der Waals surface area contributed by atoms with Gasteiger partial charge in [-0.1, -0.05) is 47.2 Å². The molecule has 118 valence electrons. The van der Waals surface area contributed by atoms with Crippen molar-refractivity contribution in [3.8, 4) is 0 Å². The van der Waals surface area contributed by atoms with Crippen molar-refractivity contribution in [2.24, 2.45) is 0 Å². The molecule has 1 aromatic carbocycles. The topological polar surface area (TPSA) is 6.48 Å². The summed E-state index contributed by atoms with van der Waals surface area (Å²) in [5.74, 6) is 1.01. The number of nitrogens with zero attached hydrogens (tertiary/aromatic N) is 2. The number of hydrogen-bond donors (Lipinski definition) is 1. The fraction of sp³-hybridized carbons (Fsp3) is 0.333. The minimum Gasteiger partial charge on any atom is -0.374 e. The van der Waals surface area contributed by atoms with Gasteiger partial charge in [0.25, 0.3) is 0 Å². The highest BCUT2D eigenvalue weighted by Crippen LogP contribution is 2.22. The lowest BCUT2D eigenvalue weighted by Gasteiger charge is -2.21. The SMILES string of the molecule is CCN1C=CC(/C=C/c2ccccc2N(C)CCSS)=CC1. The van der Waals surface area contributed by atoms with Crippen LogP contribution in [0.25, 0.3) is 6.08 Å². The van der Waals surface area contributed by atoms with E-state index in [2.05, 4.69) is 90.2 Å². The monoisotopic (exact) mass is 332 g/mol. The Kier molecular flexibility index (Phi) is 7.00. The first-order chi connectivity index (χ1) is 10.7. The van der Waals surface area contributed by atoms with E-state index in [1.807, 2.05) is 0 Å². The second kappa shape index (κ2) is 9.01. The van der Waals surface area contributed by atoms with E-state index >= 15 is 0 Å². The van der Waals surface area contributed by atoms with Crippen molar-refractivity contribution in [2.75, 3.05) is 37.3 Å². The molecular weight excluding hydrogens is 308 g/mol. The summed E-state index contributed by atoms with van der Waals surface area (Å²) in [6.45, 7) is 5.22. The second-order valence-electron chi connectivity index (χ2n) is 5.25. The van der Waals surface area contributed by atoms with Crippen LogP contribution in [-0.4, -0.2) is 37.3 Å². The lowest BCUT2D eigenvalue weighted by atomic mass is 10.1. The molecule has 0 unspecified atom stereocenters. The van der Waals surface area contributed by atoms with Crippen molar-refractivity contribution in [3.63, 3.8) is 0 Å². The summed E-state index contributed by atoms with van der Waals surface area (Å²) in [5.41, 5.74) is 3.78. The molecule has 0 saturated carbocycles. The molecule has 1 aliphatic rings. The van der Waals surface area contributed by atoms with Crippen LogP contribution in [0.2, 0.25) is 0 Å². The quantitative estimate of drug-likeness (QED) is 0.581. The molecule has 0 atom stereocenters. The zero-order valence-corrected chi connectivity index (χ0v) is 15.0. The predicted octanol–water partition coefficient (Wildman–Crippen LogP) is 4.49. The molecule has 0 amide bonds. The molecule has 0 spiro atoms. The molecule has 2 rings (SSSR count). The molecule has 2 nitrogen and oxygen atoms in total. The van der Waals surface area contributed by atoms with Crippen LogP contribution in [0.15, 0.2) is 54.3 Å². The van der Waals surface area contributed by atoms with Crippen molar-refractivity contribution in [1.82, 2.24) is 4.90 Å². The van der Waals surface area contributed by atoms with Crippen molar-refractivity contribution in [2.45, 2.75) is 6.92 Å². The summed E-state index contributed by atoms with van der Waals surface area (Å²) in [6.07, 6.45) is 11.0. The third-order valence-electron chi connectivity index (χ3n) is 3.77. The highest BCUT2D eigenvalue weighted by Gasteiger charge is 2.05. The normalized spacial score (nSPS) is 14.5. The van der Waals surface area contributed by atoms with E-state index in [1.54, 1.807) is 10.8 Å². The van der Waals surface area contributed by atoms with Gasteiger partial charge in [0.05, 0.1) is 0 Å².